The largest absolute Gasteiger partial charge is 0.444 e. The summed E-state index contributed by atoms with van der Waals surface area (Å²) in [4.78, 5) is 23.0. The third-order valence-corrected chi connectivity index (χ3v) is 2.38. The molecule has 1 saturated heterocycles. The van der Waals surface area contributed by atoms with E-state index in [2.05, 4.69) is 10.6 Å². The summed E-state index contributed by atoms with van der Waals surface area (Å²) < 4.78 is 5.06. The number of piperidine rings is 1. The van der Waals surface area contributed by atoms with E-state index in [4.69, 9.17) is 9.84 Å². The second kappa shape index (κ2) is 5.35. The first-order valence-corrected chi connectivity index (χ1v) is 5.72. The van der Waals surface area contributed by atoms with Gasteiger partial charge in [-0.2, -0.15) is 0 Å². The quantitative estimate of drug-likeness (QED) is 0.645. The molecule has 0 spiro atoms. The number of carbonyl (C=O) groups is 2. The lowest BCUT2D eigenvalue weighted by Crippen LogP contribution is -2.55. The maximum atomic E-state index is 11.6. The molecule has 1 fully saturated rings. The molecule has 0 aromatic heterocycles. The molecule has 17 heavy (non-hydrogen) atoms. The van der Waals surface area contributed by atoms with E-state index in [1.54, 1.807) is 20.8 Å². The second-order valence-electron chi connectivity index (χ2n) is 5.16. The Balaban J connectivity index is 2.42. The molecule has 0 radical (unpaired) electrons. The molecule has 98 valence electrons. The Bertz CT molecular complexity index is 298. The Labute approximate surface area is 101 Å². The van der Waals surface area contributed by atoms with E-state index in [0.29, 0.717) is 12.8 Å². The molecule has 0 unspecified atom stereocenters. The SMILES string of the molecule is CC(C)(C)OC(=O)N[C@H]1CC[C@@H](CO)NC1=O. The highest BCUT2D eigenvalue weighted by molar-refractivity contribution is 5.86. The highest BCUT2D eigenvalue weighted by Crippen LogP contribution is 2.11. The molecule has 1 aliphatic rings. The topological polar surface area (TPSA) is 87.7 Å². The van der Waals surface area contributed by atoms with E-state index in [-0.39, 0.29) is 18.6 Å². The number of nitrogens with one attached hydrogen (secondary N) is 2. The summed E-state index contributed by atoms with van der Waals surface area (Å²) in [7, 11) is 0. The highest BCUT2D eigenvalue weighted by Gasteiger charge is 2.29. The first-order valence-electron chi connectivity index (χ1n) is 5.72. The number of hydrogen-bond acceptors (Lipinski definition) is 4. The average Bonchev–Trinajstić information content (AvgIpc) is 2.18. The monoisotopic (exact) mass is 244 g/mol. The minimum Gasteiger partial charge on any atom is -0.444 e. The van der Waals surface area contributed by atoms with Crippen molar-refractivity contribution in [2.24, 2.45) is 0 Å². The predicted octanol–water partition coefficient (Wildman–Crippen LogP) is 0.151. The standard InChI is InChI=1S/C11H20N2O4/c1-11(2,3)17-10(16)13-8-5-4-7(6-14)12-9(8)15/h7-8,14H,4-6H2,1-3H3,(H,12,15)(H,13,16)/t7-,8-/m0/s1. The van der Waals surface area contributed by atoms with E-state index in [1.165, 1.54) is 0 Å². The number of carbonyl (C=O) groups excluding carboxylic acids is 2. The fourth-order valence-corrected chi connectivity index (χ4v) is 1.60. The molecule has 2 amide bonds. The average molecular weight is 244 g/mol. The lowest BCUT2D eigenvalue weighted by Gasteiger charge is -2.29. The number of amides is 2. The van der Waals surface area contributed by atoms with Crippen molar-refractivity contribution in [3.8, 4) is 0 Å². The molecule has 0 aromatic carbocycles. The van der Waals surface area contributed by atoms with Crippen molar-refractivity contribution in [3.63, 3.8) is 0 Å². The molecule has 0 aliphatic carbocycles. The van der Waals surface area contributed by atoms with Crippen molar-refractivity contribution in [1.82, 2.24) is 10.6 Å². The molecule has 0 aromatic rings. The summed E-state index contributed by atoms with van der Waals surface area (Å²) in [5.41, 5.74) is -0.580. The van der Waals surface area contributed by atoms with Gasteiger partial charge in [0.1, 0.15) is 11.6 Å². The summed E-state index contributed by atoms with van der Waals surface area (Å²) >= 11 is 0. The summed E-state index contributed by atoms with van der Waals surface area (Å²) in [6.45, 7) is 5.20. The van der Waals surface area contributed by atoms with Gasteiger partial charge in [0.25, 0.3) is 0 Å². The van der Waals surface area contributed by atoms with Crippen LogP contribution in [0.4, 0.5) is 4.79 Å². The fourth-order valence-electron chi connectivity index (χ4n) is 1.60. The van der Waals surface area contributed by atoms with E-state index in [0.717, 1.165) is 0 Å². The number of alkyl carbamates (subject to hydrolysis) is 1. The van der Waals surface area contributed by atoms with Crippen LogP contribution in [0.3, 0.4) is 0 Å². The van der Waals surface area contributed by atoms with Crippen molar-refractivity contribution in [2.45, 2.75) is 51.3 Å². The van der Waals surface area contributed by atoms with Crippen LogP contribution in [-0.2, 0) is 9.53 Å². The number of aliphatic hydroxyl groups excluding tert-OH is 1. The Hall–Kier alpha value is -1.30. The number of ether oxygens (including phenoxy) is 1. The Morgan fingerprint density at radius 3 is 2.65 bits per heavy atom. The van der Waals surface area contributed by atoms with Gasteiger partial charge in [0.2, 0.25) is 5.91 Å². The molecule has 1 rings (SSSR count). The molecule has 2 atom stereocenters. The van der Waals surface area contributed by atoms with E-state index >= 15 is 0 Å². The van der Waals surface area contributed by atoms with E-state index < -0.39 is 17.7 Å². The van der Waals surface area contributed by atoms with Crippen LogP contribution in [0.15, 0.2) is 0 Å². The van der Waals surface area contributed by atoms with Gasteiger partial charge in [-0.25, -0.2) is 4.79 Å². The highest BCUT2D eigenvalue weighted by atomic mass is 16.6. The third-order valence-electron chi connectivity index (χ3n) is 2.38. The third kappa shape index (κ3) is 4.60. The smallest absolute Gasteiger partial charge is 0.408 e. The zero-order valence-corrected chi connectivity index (χ0v) is 10.4. The molecule has 0 saturated carbocycles. The molecule has 6 nitrogen and oxygen atoms in total. The number of rotatable bonds is 2. The fraction of sp³-hybridized carbons (Fsp3) is 0.818. The van der Waals surface area contributed by atoms with Gasteiger partial charge in [-0.05, 0) is 33.6 Å². The van der Waals surface area contributed by atoms with Crippen LogP contribution in [0.5, 0.6) is 0 Å². The van der Waals surface area contributed by atoms with Gasteiger partial charge in [0.15, 0.2) is 0 Å². The van der Waals surface area contributed by atoms with Crippen LogP contribution in [0.25, 0.3) is 0 Å². The Morgan fingerprint density at radius 2 is 2.18 bits per heavy atom. The lowest BCUT2D eigenvalue weighted by atomic mass is 10.0. The Kier molecular flexibility index (Phi) is 4.34. The first-order chi connectivity index (χ1) is 7.81. The van der Waals surface area contributed by atoms with Crippen molar-refractivity contribution in [3.05, 3.63) is 0 Å². The number of hydrogen-bond donors (Lipinski definition) is 3. The molecule has 3 N–H and O–H groups in total. The summed E-state index contributed by atoms with van der Waals surface area (Å²) in [5.74, 6) is -0.277. The van der Waals surface area contributed by atoms with Crippen molar-refractivity contribution >= 4 is 12.0 Å². The zero-order valence-electron chi connectivity index (χ0n) is 10.4. The van der Waals surface area contributed by atoms with Crippen LogP contribution >= 0.6 is 0 Å². The van der Waals surface area contributed by atoms with E-state index in [1.807, 2.05) is 0 Å². The maximum Gasteiger partial charge on any atom is 0.408 e. The first kappa shape index (κ1) is 13.8. The van der Waals surface area contributed by atoms with Crippen LogP contribution in [0.2, 0.25) is 0 Å². The van der Waals surface area contributed by atoms with Gasteiger partial charge in [-0.1, -0.05) is 0 Å². The second-order valence-corrected chi connectivity index (χ2v) is 5.16. The van der Waals surface area contributed by atoms with Gasteiger partial charge in [0.05, 0.1) is 12.6 Å². The molecule has 0 bridgehead atoms. The van der Waals surface area contributed by atoms with Gasteiger partial charge in [-0.15, -0.1) is 0 Å². The van der Waals surface area contributed by atoms with E-state index in [9.17, 15) is 9.59 Å². The molecule has 1 heterocycles. The predicted molar refractivity (Wildman–Crippen MR) is 61.4 cm³/mol. The van der Waals surface area contributed by atoms with Gasteiger partial charge < -0.3 is 20.5 Å². The van der Waals surface area contributed by atoms with Crippen molar-refractivity contribution in [2.75, 3.05) is 6.61 Å². The van der Waals surface area contributed by atoms with Gasteiger partial charge in [0, 0.05) is 0 Å². The van der Waals surface area contributed by atoms with Crippen molar-refractivity contribution < 1.29 is 19.4 Å². The number of aliphatic hydroxyl groups is 1. The zero-order chi connectivity index (χ0) is 13.1. The molecular weight excluding hydrogens is 224 g/mol. The summed E-state index contributed by atoms with van der Waals surface area (Å²) in [6, 6.07) is -0.785. The van der Waals surface area contributed by atoms with Crippen molar-refractivity contribution in [1.29, 1.82) is 0 Å². The van der Waals surface area contributed by atoms with Crippen LogP contribution < -0.4 is 10.6 Å². The molecule has 6 heteroatoms. The normalized spacial score (nSPS) is 25.1. The Morgan fingerprint density at radius 1 is 1.53 bits per heavy atom. The maximum absolute atomic E-state index is 11.6. The summed E-state index contributed by atoms with van der Waals surface area (Å²) in [6.07, 6.45) is 0.555. The van der Waals surface area contributed by atoms with Crippen LogP contribution in [0.1, 0.15) is 33.6 Å². The minimum absolute atomic E-state index is 0.0785. The van der Waals surface area contributed by atoms with Crippen LogP contribution in [0, 0.1) is 0 Å². The molecule has 1 aliphatic heterocycles. The van der Waals surface area contributed by atoms with Gasteiger partial charge >= 0.3 is 6.09 Å². The lowest BCUT2D eigenvalue weighted by molar-refractivity contribution is -0.126. The van der Waals surface area contributed by atoms with Gasteiger partial charge in [-0.3, -0.25) is 4.79 Å². The summed E-state index contributed by atoms with van der Waals surface area (Å²) in [5, 5.41) is 14.0. The minimum atomic E-state index is -0.597. The molecular formula is C11H20N2O4. The van der Waals surface area contributed by atoms with Crippen LogP contribution in [-0.4, -0.2) is 41.4 Å².